The molecule has 0 bridgehead atoms. The van der Waals surface area contributed by atoms with Crippen LogP contribution >= 0.6 is 0 Å². The van der Waals surface area contributed by atoms with Crippen molar-refractivity contribution in [2.45, 2.75) is 38.8 Å². The maximum atomic E-state index is 12.9. The van der Waals surface area contributed by atoms with Gasteiger partial charge >= 0.3 is 0 Å². The maximum Gasteiger partial charge on any atom is 0.215 e. The van der Waals surface area contributed by atoms with Crippen molar-refractivity contribution in [3.63, 3.8) is 0 Å². The Balaban J connectivity index is 1.78. The first-order chi connectivity index (χ1) is 11.1. The number of sulfonamides is 1. The average Bonchev–Trinajstić information content (AvgIpc) is 3.21. The molecule has 5 nitrogen and oxygen atoms in total. The van der Waals surface area contributed by atoms with E-state index in [1.54, 1.807) is 30.8 Å². The molecular formula is C17H22N2O3S. The molecule has 0 unspecified atom stereocenters. The molecule has 3 rings (SSSR count). The normalized spacial score (nSPS) is 16.2. The lowest BCUT2D eigenvalue weighted by Gasteiger charge is -2.23. The van der Waals surface area contributed by atoms with Gasteiger partial charge in [0.05, 0.1) is 18.6 Å². The van der Waals surface area contributed by atoms with Gasteiger partial charge in [-0.1, -0.05) is 18.9 Å². The fourth-order valence-corrected chi connectivity index (χ4v) is 4.91. The van der Waals surface area contributed by atoms with Crippen LogP contribution in [0.1, 0.15) is 37.0 Å². The quantitative estimate of drug-likeness (QED) is 0.780. The second-order valence-electron chi connectivity index (χ2n) is 6.14. The third-order valence-electron chi connectivity index (χ3n) is 4.31. The fraction of sp³-hybridized carbons (Fsp3) is 0.471. The van der Waals surface area contributed by atoms with Crippen LogP contribution in [-0.4, -0.2) is 23.5 Å². The van der Waals surface area contributed by atoms with Crippen LogP contribution in [0.2, 0.25) is 0 Å². The first kappa shape index (κ1) is 16.2. The summed E-state index contributed by atoms with van der Waals surface area (Å²) >= 11 is 0. The summed E-state index contributed by atoms with van der Waals surface area (Å²) in [6.07, 6.45) is 9.28. The molecule has 0 aromatic carbocycles. The zero-order valence-corrected chi connectivity index (χ0v) is 13.9. The molecule has 0 aliphatic heterocycles. The van der Waals surface area contributed by atoms with Gasteiger partial charge < -0.3 is 4.42 Å². The summed E-state index contributed by atoms with van der Waals surface area (Å²) in [4.78, 5) is 4.08. The standard InChI is InChI=1S/C17H22N2O3S/c20-23(21,14-15-5-1-2-6-15)19(13-17-8-4-10-22-17)12-16-7-3-9-18-11-16/h3-4,7-11,15H,1-2,5-6,12-14H2. The Morgan fingerprint density at radius 2 is 2.00 bits per heavy atom. The van der Waals surface area contributed by atoms with Crippen LogP contribution in [0.5, 0.6) is 0 Å². The molecule has 0 radical (unpaired) electrons. The van der Waals surface area contributed by atoms with E-state index in [2.05, 4.69) is 4.98 Å². The number of rotatable bonds is 7. The van der Waals surface area contributed by atoms with Crippen molar-refractivity contribution in [2.24, 2.45) is 5.92 Å². The average molecular weight is 334 g/mol. The molecule has 0 spiro atoms. The highest BCUT2D eigenvalue weighted by Gasteiger charge is 2.28. The van der Waals surface area contributed by atoms with Gasteiger partial charge in [0.15, 0.2) is 0 Å². The van der Waals surface area contributed by atoms with Crippen LogP contribution in [0.3, 0.4) is 0 Å². The van der Waals surface area contributed by atoms with Gasteiger partial charge in [-0.25, -0.2) is 8.42 Å². The van der Waals surface area contributed by atoms with Gasteiger partial charge in [-0.2, -0.15) is 4.31 Å². The van der Waals surface area contributed by atoms with E-state index in [4.69, 9.17) is 4.42 Å². The van der Waals surface area contributed by atoms with Crippen LogP contribution in [-0.2, 0) is 23.1 Å². The van der Waals surface area contributed by atoms with Crippen LogP contribution in [0.15, 0.2) is 47.3 Å². The van der Waals surface area contributed by atoms with Crippen molar-refractivity contribution in [2.75, 3.05) is 5.75 Å². The third kappa shape index (κ3) is 4.42. The van der Waals surface area contributed by atoms with Crippen molar-refractivity contribution in [1.82, 2.24) is 9.29 Å². The predicted octanol–water partition coefficient (Wildman–Crippen LogP) is 3.20. The van der Waals surface area contributed by atoms with E-state index in [9.17, 15) is 8.42 Å². The molecule has 23 heavy (non-hydrogen) atoms. The molecule has 6 heteroatoms. The van der Waals surface area contributed by atoms with Crippen LogP contribution in [0.25, 0.3) is 0 Å². The number of furan rings is 1. The molecule has 2 heterocycles. The number of nitrogens with zero attached hydrogens (tertiary/aromatic N) is 2. The summed E-state index contributed by atoms with van der Waals surface area (Å²) in [6, 6.07) is 7.31. The lowest BCUT2D eigenvalue weighted by atomic mass is 10.1. The van der Waals surface area contributed by atoms with Gasteiger partial charge in [0, 0.05) is 18.9 Å². The molecule has 1 aliphatic carbocycles. The van der Waals surface area contributed by atoms with Crippen molar-refractivity contribution in [1.29, 1.82) is 0 Å². The Bertz CT molecular complexity index is 693. The van der Waals surface area contributed by atoms with Crippen LogP contribution in [0, 0.1) is 5.92 Å². The van der Waals surface area contributed by atoms with Gasteiger partial charge in [0.2, 0.25) is 10.0 Å². The van der Waals surface area contributed by atoms with Gasteiger partial charge in [0.1, 0.15) is 5.76 Å². The van der Waals surface area contributed by atoms with Gasteiger partial charge in [-0.15, -0.1) is 0 Å². The fourth-order valence-electron chi connectivity index (χ4n) is 3.10. The summed E-state index contributed by atoms with van der Waals surface area (Å²) in [5.74, 6) is 1.17. The van der Waals surface area contributed by atoms with Crippen molar-refractivity contribution < 1.29 is 12.8 Å². The second-order valence-corrected chi connectivity index (χ2v) is 8.15. The van der Waals surface area contributed by atoms with Crippen molar-refractivity contribution in [3.8, 4) is 0 Å². The number of aromatic nitrogens is 1. The third-order valence-corrected chi connectivity index (χ3v) is 6.25. The molecule has 1 aliphatic rings. The maximum absolute atomic E-state index is 12.9. The summed E-state index contributed by atoms with van der Waals surface area (Å²) in [7, 11) is -3.33. The van der Waals surface area contributed by atoms with Gasteiger partial charge in [-0.05, 0) is 42.5 Å². The first-order valence-electron chi connectivity index (χ1n) is 8.02. The van der Waals surface area contributed by atoms with E-state index in [-0.39, 0.29) is 18.2 Å². The molecule has 2 aromatic heterocycles. The van der Waals surface area contributed by atoms with E-state index in [0.29, 0.717) is 12.3 Å². The van der Waals surface area contributed by atoms with Crippen molar-refractivity contribution in [3.05, 3.63) is 54.2 Å². The molecule has 124 valence electrons. The summed E-state index contributed by atoms with van der Waals surface area (Å²) in [5.41, 5.74) is 0.883. The minimum absolute atomic E-state index is 0.230. The van der Waals surface area contributed by atoms with E-state index < -0.39 is 10.0 Å². The molecule has 0 N–H and O–H groups in total. The molecule has 0 amide bonds. The Labute approximate surface area is 137 Å². The molecule has 2 aromatic rings. The zero-order chi connectivity index (χ0) is 16.1. The Morgan fingerprint density at radius 1 is 1.17 bits per heavy atom. The number of hydrogen-bond donors (Lipinski definition) is 0. The van der Waals surface area contributed by atoms with Gasteiger partial charge in [-0.3, -0.25) is 4.98 Å². The van der Waals surface area contributed by atoms with Crippen LogP contribution < -0.4 is 0 Å². The lowest BCUT2D eigenvalue weighted by Crippen LogP contribution is -2.34. The van der Waals surface area contributed by atoms with E-state index >= 15 is 0 Å². The highest BCUT2D eigenvalue weighted by molar-refractivity contribution is 7.89. The molecule has 0 atom stereocenters. The van der Waals surface area contributed by atoms with Crippen LogP contribution in [0.4, 0.5) is 0 Å². The van der Waals surface area contributed by atoms with E-state index in [1.165, 1.54) is 4.31 Å². The first-order valence-corrected chi connectivity index (χ1v) is 9.63. The molecule has 1 saturated carbocycles. The monoisotopic (exact) mass is 334 g/mol. The highest BCUT2D eigenvalue weighted by atomic mass is 32.2. The van der Waals surface area contributed by atoms with Crippen molar-refractivity contribution >= 4 is 10.0 Å². The predicted molar refractivity (Wildman–Crippen MR) is 87.9 cm³/mol. The summed E-state index contributed by atoms with van der Waals surface area (Å²) in [5, 5.41) is 0. The SMILES string of the molecule is O=S(=O)(CC1CCCC1)N(Cc1cccnc1)Cc1ccco1. The summed E-state index contributed by atoms with van der Waals surface area (Å²) < 4.78 is 32.6. The molecule has 1 fully saturated rings. The summed E-state index contributed by atoms with van der Waals surface area (Å²) in [6.45, 7) is 0.584. The number of pyridine rings is 1. The molecular weight excluding hydrogens is 312 g/mol. The topological polar surface area (TPSA) is 63.4 Å². The van der Waals surface area contributed by atoms with E-state index in [0.717, 1.165) is 31.2 Å². The number of hydrogen-bond acceptors (Lipinski definition) is 4. The van der Waals surface area contributed by atoms with Gasteiger partial charge in [0.25, 0.3) is 0 Å². The minimum Gasteiger partial charge on any atom is -0.468 e. The Morgan fingerprint density at radius 3 is 2.65 bits per heavy atom. The Kier molecular flexibility index (Phi) is 5.13. The zero-order valence-electron chi connectivity index (χ0n) is 13.1. The Hall–Kier alpha value is -1.66. The minimum atomic E-state index is -3.33. The lowest BCUT2D eigenvalue weighted by molar-refractivity contribution is 0.354. The smallest absolute Gasteiger partial charge is 0.215 e. The second kappa shape index (κ2) is 7.27. The highest BCUT2D eigenvalue weighted by Crippen LogP contribution is 2.27. The largest absolute Gasteiger partial charge is 0.468 e. The van der Waals surface area contributed by atoms with E-state index in [1.807, 2.05) is 12.1 Å². The molecule has 0 saturated heterocycles.